The molecule has 1 aromatic carbocycles. The maximum Gasteiger partial charge on any atom is 0.274 e. The monoisotopic (exact) mass is 305 g/mol. The van der Waals surface area contributed by atoms with Gasteiger partial charge in [0, 0.05) is 6.20 Å². The summed E-state index contributed by atoms with van der Waals surface area (Å²) in [4.78, 5) is 14.6. The van der Waals surface area contributed by atoms with Crippen molar-refractivity contribution in [3.05, 3.63) is 57.6 Å². The van der Waals surface area contributed by atoms with Crippen molar-refractivity contribution in [1.82, 2.24) is 14.8 Å². The second-order valence-electron chi connectivity index (χ2n) is 4.83. The number of hydrogen-bond acceptors (Lipinski definition) is 5. The first-order chi connectivity index (χ1) is 11.2. The zero-order chi connectivity index (χ0) is 16.4. The van der Waals surface area contributed by atoms with E-state index in [0.29, 0.717) is 6.54 Å². The summed E-state index contributed by atoms with van der Waals surface area (Å²) >= 11 is 0. The average molecular weight is 305 g/mol. The fourth-order valence-electron chi connectivity index (χ4n) is 2.41. The number of rotatable bonds is 3. The van der Waals surface area contributed by atoms with Crippen molar-refractivity contribution in [1.29, 1.82) is 10.5 Å². The van der Waals surface area contributed by atoms with Crippen molar-refractivity contribution in [2.24, 2.45) is 0 Å². The third-order valence-corrected chi connectivity index (χ3v) is 3.50. The smallest absolute Gasteiger partial charge is 0.274 e. The van der Waals surface area contributed by atoms with Gasteiger partial charge in [-0.25, -0.2) is 0 Å². The zero-order valence-electron chi connectivity index (χ0n) is 12.2. The minimum absolute atomic E-state index is 0.0659. The summed E-state index contributed by atoms with van der Waals surface area (Å²) in [6.45, 7) is 0.306. The summed E-state index contributed by atoms with van der Waals surface area (Å²) < 4.78 is 6.54. The second-order valence-corrected chi connectivity index (χ2v) is 4.83. The molecule has 3 rings (SSSR count). The van der Waals surface area contributed by atoms with Gasteiger partial charge in [-0.2, -0.15) is 15.6 Å². The normalized spacial score (nSPS) is 10.2. The number of nitrogens with one attached hydrogen (secondary N) is 1. The third kappa shape index (κ3) is 2.41. The van der Waals surface area contributed by atoms with Gasteiger partial charge in [0.05, 0.1) is 24.6 Å². The Kier molecular flexibility index (Phi) is 3.54. The van der Waals surface area contributed by atoms with E-state index < -0.39 is 0 Å². The summed E-state index contributed by atoms with van der Waals surface area (Å²) in [7, 11) is 1.58. The number of ether oxygens (including phenoxy) is 1. The van der Waals surface area contributed by atoms with E-state index >= 15 is 0 Å². The Hall–Kier alpha value is -3.58. The highest BCUT2D eigenvalue weighted by Crippen LogP contribution is 2.20. The molecule has 0 radical (unpaired) electrons. The summed E-state index contributed by atoms with van der Waals surface area (Å²) in [5.74, 6) is 0.724. The van der Waals surface area contributed by atoms with Gasteiger partial charge in [-0.15, -0.1) is 0 Å². The van der Waals surface area contributed by atoms with E-state index in [9.17, 15) is 15.3 Å². The highest BCUT2D eigenvalue weighted by molar-refractivity contribution is 5.88. The molecule has 0 aliphatic carbocycles. The van der Waals surface area contributed by atoms with E-state index in [-0.39, 0.29) is 27.7 Å². The van der Waals surface area contributed by atoms with Crippen LogP contribution in [0.2, 0.25) is 0 Å². The van der Waals surface area contributed by atoms with E-state index in [2.05, 4.69) is 10.1 Å². The Bertz CT molecular complexity index is 1020. The molecule has 0 amide bonds. The van der Waals surface area contributed by atoms with Crippen LogP contribution in [0.15, 0.2) is 35.3 Å². The first kappa shape index (κ1) is 14.4. The lowest BCUT2D eigenvalue weighted by Crippen LogP contribution is -2.12. The maximum atomic E-state index is 12.1. The molecule has 2 heterocycles. The minimum atomic E-state index is -0.387. The lowest BCUT2D eigenvalue weighted by Gasteiger charge is -2.05. The van der Waals surface area contributed by atoms with Gasteiger partial charge in [-0.3, -0.25) is 9.48 Å². The first-order valence-corrected chi connectivity index (χ1v) is 6.73. The Labute approximate surface area is 131 Å². The summed E-state index contributed by atoms with van der Waals surface area (Å²) in [6.07, 6.45) is 1.30. The van der Waals surface area contributed by atoms with Crippen LogP contribution in [-0.4, -0.2) is 21.9 Å². The van der Waals surface area contributed by atoms with Crippen molar-refractivity contribution in [3.63, 3.8) is 0 Å². The molecule has 3 aromatic rings. The number of benzene rings is 1. The lowest BCUT2D eigenvalue weighted by atomic mass is 10.1. The molecule has 0 aliphatic rings. The molecular weight excluding hydrogens is 294 g/mol. The Morgan fingerprint density at radius 2 is 2.00 bits per heavy atom. The Morgan fingerprint density at radius 1 is 1.26 bits per heavy atom. The highest BCUT2D eigenvalue weighted by atomic mass is 16.5. The summed E-state index contributed by atoms with van der Waals surface area (Å²) in [5, 5.41) is 22.9. The molecule has 0 spiro atoms. The fraction of sp³-hybridized carbons (Fsp3) is 0.125. The predicted molar refractivity (Wildman–Crippen MR) is 81.9 cm³/mol. The van der Waals surface area contributed by atoms with Crippen molar-refractivity contribution in [2.45, 2.75) is 6.54 Å². The summed E-state index contributed by atoms with van der Waals surface area (Å²) in [5.41, 5.74) is 1.01. The van der Waals surface area contributed by atoms with Crippen LogP contribution in [0, 0.1) is 22.7 Å². The van der Waals surface area contributed by atoms with Crippen LogP contribution < -0.4 is 10.3 Å². The minimum Gasteiger partial charge on any atom is -0.497 e. The molecule has 2 aromatic heterocycles. The summed E-state index contributed by atoms with van der Waals surface area (Å²) in [6, 6.07) is 11.2. The number of fused-ring (bicyclic) bond motifs is 1. The molecule has 7 heteroatoms. The third-order valence-electron chi connectivity index (χ3n) is 3.50. The largest absolute Gasteiger partial charge is 0.497 e. The quantitative estimate of drug-likeness (QED) is 0.789. The molecule has 0 saturated carbocycles. The van der Waals surface area contributed by atoms with E-state index in [1.165, 1.54) is 10.9 Å². The lowest BCUT2D eigenvalue weighted by molar-refractivity contribution is 0.414. The number of methoxy groups -OCH3 is 1. The van der Waals surface area contributed by atoms with Crippen LogP contribution in [0.1, 0.15) is 16.8 Å². The van der Waals surface area contributed by atoms with Gasteiger partial charge in [0.25, 0.3) is 5.56 Å². The van der Waals surface area contributed by atoms with E-state index in [1.807, 2.05) is 24.3 Å². The van der Waals surface area contributed by atoms with E-state index in [0.717, 1.165) is 11.3 Å². The number of aromatic amines is 1. The van der Waals surface area contributed by atoms with Gasteiger partial charge in [-0.05, 0) is 17.7 Å². The number of nitrogens with zero attached hydrogens (tertiary/aromatic N) is 4. The number of hydrogen-bond donors (Lipinski definition) is 1. The van der Waals surface area contributed by atoms with Gasteiger partial charge in [-0.1, -0.05) is 12.1 Å². The van der Waals surface area contributed by atoms with E-state index in [1.54, 1.807) is 19.2 Å². The molecule has 0 atom stereocenters. The van der Waals surface area contributed by atoms with Crippen LogP contribution in [0.4, 0.5) is 0 Å². The molecule has 0 unspecified atom stereocenters. The standard InChI is InChI=1S/C16H11N5O2/c1-23-12-4-2-10(3-5-12)9-21-15-14(13(7-18)20-21)11(6-17)8-19-16(15)22/h2-5,8H,9H2,1H3,(H,19,22). The van der Waals surface area contributed by atoms with Crippen LogP contribution in [-0.2, 0) is 6.54 Å². The van der Waals surface area contributed by atoms with Crippen molar-refractivity contribution in [3.8, 4) is 17.9 Å². The van der Waals surface area contributed by atoms with Gasteiger partial charge >= 0.3 is 0 Å². The van der Waals surface area contributed by atoms with Gasteiger partial charge < -0.3 is 9.72 Å². The van der Waals surface area contributed by atoms with E-state index in [4.69, 9.17) is 4.74 Å². The fourth-order valence-corrected chi connectivity index (χ4v) is 2.41. The van der Waals surface area contributed by atoms with Gasteiger partial charge in [0.1, 0.15) is 23.4 Å². The molecule has 0 saturated heterocycles. The van der Waals surface area contributed by atoms with Crippen LogP contribution >= 0.6 is 0 Å². The first-order valence-electron chi connectivity index (χ1n) is 6.73. The van der Waals surface area contributed by atoms with Crippen molar-refractivity contribution in [2.75, 3.05) is 7.11 Å². The molecule has 23 heavy (non-hydrogen) atoms. The van der Waals surface area contributed by atoms with Crippen LogP contribution in [0.5, 0.6) is 5.75 Å². The maximum absolute atomic E-state index is 12.1. The highest BCUT2D eigenvalue weighted by Gasteiger charge is 2.17. The van der Waals surface area contributed by atoms with Crippen molar-refractivity contribution >= 4 is 10.9 Å². The predicted octanol–water partition coefficient (Wildman–Crippen LogP) is 1.52. The number of nitriles is 2. The second kappa shape index (κ2) is 5.66. The molecule has 1 N–H and O–H groups in total. The van der Waals surface area contributed by atoms with Gasteiger partial charge in [0.2, 0.25) is 0 Å². The number of pyridine rings is 1. The molecular formula is C16H11N5O2. The molecule has 7 nitrogen and oxygen atoms in total. The molecule has 112 valence electrons. The number of H-pyrrole nitrogens is 1. The van der Waals surface area contributed by atoms with Crippen LogP contribution in [0.3, 0.4) is 0 Å². The SMILES string of the molecule is COc1ccc(Cn2nc(C#N)c3c(C#N)c[nH]c(=O)c32)cc1. The zero-order valence-corrected chi connectivity index (χ0v) is 12.2. The van der Waals surface area contributed by atoms with Crippen molar-refractivity contribution < 1.29 is 4.74 Å². The Balaban J connectivity index is 2.16. The molecule has 0 fully saturated rings. The Morgan fingerprint density at radius 3 is 2.61 bits per heavy atom. The average Bonchev–Trinajstić information content (AvgIpc) is 2.95. The number of aromatic nitrogens is 3. The molecule has 0 bridgehead atoms. The topological polar surface area (TPSA) is 107 Å². The molecule has 0 aliphatic heterocycles. The van der Waals surface area contributed by atoms with Gasteiger partial charge in [0.15, 0.2) is 5.69 Å². The van der Waals surface area contributed by atoms with Crippen LogP contribution in [0.25, 0.3) is 10.9 Å².